The van der Waals surface area contributed by atoms with Crippen molar-refractivity contribution in [3.8, 4) is 0 Å². The van der Waals surface area contributed by atoms with Gasteiger partial charge in [0.2, 0.25) is 11.8 Å². The number of amides is 5. The minimum Gasteiger partial charge on any atom is -0.452 e. The van der Waals surface area contributed by atoms with Crippen molar-refractivity contribution >= 4 is 91.7 Å². The van der Waals surface area contributed by atoms with Crippen LogP contribution in [0.1, 0.15) is 157 Å². The van der Waals surface area contributed by atoms with Crippen molar-refractivity contribution in [2.24, 2.45) is 11.8 Å². The maximum absolute atomic E-state index is 13.2. The van der Waals surface area contributed by atoms with E-state index >= 15 is 0 Å². The molecule has 2 aliphatic carbocycles. The number of ether oxygens (including phenoxy) is 3. The van der Waals surface area contributed by atoms with Crippen LogP contribution in [0.15, 0.2) is 119 Å². The van der Waals surface area contributed by atoms with Crippen LogP contribution in [0.2, 0.25) is 0 Å². The van der Waals surface area contributed by atoms with Crippen LogP contribution < -0.4 is 36.0 Å². The molecule has 5 aromatic heterocycles. The van der Waals surface area contributed by atoms with Crippen LogP contribution in [0.5, 0.6) is 0 Å². The van der Waals surface area contributed by atoms with E-state index in [4.69, 9.17) is 29.2 Å². The third kappa shape index (κ3) is 17.5. The number of rotatable bonds is 18. The second kappa shape index (κ2) is 36.1. The van der Waals surface area contributed by atoms with Crippen LogP contribution in [-0.2, 0) is 93.3 Å². The molecule has 610 valence electrons. The number of aliphatic hydroxyl groups excluding tert-OH is 1. The molecule has 5 atom stereocenters. The van der Waals surface area contributed by atoms with Crippen molar-refractivity contribution in [1.29, 1.82) is 0 Å². The highest BCUT2D eigenvalue weighted by Crippen LogP contribution is 2.43. The minimum absolute atomic E-state index is 0.000568. The smallest absolute Gasteiger partial charge is 0.414 e. The fourth-order valence-electron chi connectivity index (χ4n) is 18.5. The number of nitrogens with one attached hydrogen (secondary N) is 1. The van der Waals surface area contributed by atoms with Gasteiger partial charge in [0.15, 0.2) is 0 Å². The molecule has 2 saturated heterocycles. The molecular formula is C88H111N15O12. The number of fused-ring (bicyclic) bond motifs is 9. The van der Waals surface area contributed by atoms with Crippen LogP contribution in [0.3, 0.4) is 0 Å². The number of Topliss-reactive ketones (excluding diaryl/α,β-unsaturated/α-hetero) is 1. The van der Waals surface area contributed by atoms with Crippen LogP contribution in [0.25, 0.3) is 33.1 Å². The summed E-state index contributed by atoms with van der Waals surface area (Å²) in [6.45, 7) is 16.0. The summed E-state index contributed by atoms with van der Waals surface area (Å²) in [4.78, 5) is 128. The number of carbonyl (C=O) groups is 6. The van der Waals surface area contributed by atoms with Gasteiger partial charge in [-0.25, -0.2) is 29.3 Å². The Morgan fingerprint density at radius 2 is 1.03 bits per heavy atom. The first kappa shape index (κ1) is 81.1. The summed E-state index contributed by atoms with van der Waals surface area (Å²) in [6, 6.07) is 31.1. The number of benzene rings is 4. The monoisotopic (exact) mass is 1570 g/mol. The molecular weight excluding hydrogens is 1460 g/mol. The van der Waals surface area contributed by atoms with E-state index in [-0.39, 0.29) is 90.2 Å². The summed E-state index contributed by atoms with van der Waals surface area (Å²) in [5.74, 6) is 3.45. The van der Waals surface area contributed by atoms with E-state index in [9.17, 15) is 43.5 Å². The molecule has 0 bridgehead atoms. The number of anilines is 4. The van der Waals surface area contributed by atoms with Gasteiger partial charge < -0.3 is 57.3 Å². The Balaban J connectivity index is 0.000000143. The summed E-state index contributed by atoms with van der Waals surface area (Å²) >= 11 is 0. The second-order valence-corrected chi connectivity index (χ2v) is 32.4. The molecule has 4 fully saturated rings. The van der Waals surface area contributed by atoms with Gasteiger partial charge in [0.25, 0.3) is 11.1 Å². The third-order valence-electron chi connectivity index (χ3n) is 25.1. The van der Waals surface area contributed by atoms with E-state index in [1.807, 2.05) is 71.1 Å². The standard InChI is InChI=1S/C32H38N4O4.C29H37N5O5.C27H36N6O3/c1-20-9-14-26-27(35(20)32(39)40-3)15-16-28-31(26)33-29(36(28)25-7-4-6-23(19-25)21(2)37)18-22-10-12-24(13-11-22)34-17-5-8-30(34)38;1-19-6-11-22-23(34(19)29(38)39-2)12-13-24-28(22)31-25(14-16-32-15-4-3-5-27(32)37)33(24)17-26(36)30-21-9-7-20(18-35)8-10-21;1-20-7-8-21-22(33(20)27(35)36-3)9-10-23-26(21)28-24(11-13-31-12-5-4-6-25(31)34)32(23)19-18-30-16-14-29(2)15-17-30/h10-13,15-16,20,23,25H,4-9,14,17-19H2,1-3H3;3-5,12-13,15,19-21,35H,6-11,14,16-18H2,1-2H3,(H,30,36);4-6,9-10,12,20H,7-8,11,13-19H2,1-3H3/t20-,23+,25+;19-,20?,21?;20-/m000/s1. The molecule has 16 rings (SSSR count). The van der Waals surface area contributed by atoms with Crippen molar-refractivity contribution in [1.82, 2.24) is 52.9 Å². The van der Waals surface area contributed by atoms with Crippen molar-refractivity contribution in [2.75, 3.05) is 93.9 Å². The van der Waals surface area contributed by atoms with Gasteiger partial charge in [-0.15, -0.1) is 0 Å². The lowest BCUT2D eigenvalue weighted by Crippen LogP contribution is -2.45. The molecule has 2 N–H and O–H groups in total. The van der Waals surface area contributed by atoms with Crippen molar-refractivity contribution in [2.45, 2.75) is 206 Å². The van der Waals surface area contributed by atoms with Gasteiger partial charge in [0.1, 0.15) is 29.8 Å². The molecule has 4 aromatic carbocycles. The second-order valence-electron chi connectivity index (χ2n) is 32.4. The quantitative estimate of drug-likeness (QED) is 0.0755. The van der Waals surface area contributed by atoms with E-state index in [0.29, 0.717) is 44.7 Å². The Morgan fingerprint density at radius 3 is 1.52 bits per heavy atom. The van der Waals surface area contributed by atoms with Gasteiger partial charge in [0, 0.05) is 174 Å². The van der Waals surface area contributed by atoms with Crippen LogP contribution >= 0.6 is 0 Å². The fraction of sp³-hybridized carbons (Fsp3) is 0.511. The molecule has 27 nitrogen and oxygen atoms in total. The average molecular weight is 1570 g/mol. The lowest BCUT2D eigenvalue weighted by molar-refractivity contribution is -0.123. The molecule has 5 amide bonds. The number of aryl methyl sites for hydroxylation is 7. The van der Waals surface area contributed by atoms with Crippen LogP contribution in [0.4, 0.5) is 37.1 Å². The number of hydrogen-bond acceptors (Lipinski definition) is 17. The average Bonchev–Trinajstić information content (AvgIpc) is 1.63. The molecule has 115 heavy (non-hydrogen) atoms. The van der Waals surface area contributed by atoms with E-state index in [1.54, 1.807) is 55.2 Å². The molecule has 27 heteroatoms. The van der Waals surface area contributed by atoms with Gasteiger partial charge in [-0.05, 0) is 197 Å². The number of aromatic nitrogens is 8. The molecule has 9 aromatic rings. The zero-order valence-corrected chi connectivity index (χ0v) is 67.8. The number of methoxy groups -OCH3 is 3. The van der Waals surface area contributed by atoms with Crippen molar-refractivity contribution < 1.29 is 48.1 Å². The van der Waals surface area contributed by atoms with Gasteiger partial charge in [-0.1, -0.05) is 30.7 Å². The number of aliphatic hydroxyl groups is 1. The largest absolute Gasteiger partial charge is 0.452 e. The predicted octanol–water partition coefficient (Wildman–Crippen LogP) is 11.6. The minimum atomic E-state index is -0.402. The molecule has 7 aliphatic rings. The number of hydrogen-bond donors (Lipinski definition) is 2. The number of pyridine rings is 2. The van der Waals surface area contributed by atoms with Crippen LogP contribution in [0, 0.1) is 11.8 Å². The highest BCUT2D eigenvalue weighted by Gasteiger charge is 2.37. The first-order valence-electron chi connectivity index (χ1n) is 41.4. The molecule has 0 unspecified atom stereocenters. The Bertz CT molecular complexity index is 5160. The van der Waals surface area contributed by atoms with Gasteiger partial charge in [0.05, 0.1) is 71.5 Å². The maximum atomic E-state index is 13.2. The summed E-state index contributed by atoms with van der Waals surface area (Å²) in [6.07, 6.45) is 18.1. The normalized spacial score (nSPS) is 21.1. The number of ketones is 1. The summed E-state index contributed by atoms with van der Waals surface area (Å²) < 4.78 is 25.3. The Kier molecular flexibility index (Phi) is 25.5. The highest BCUT2D eigenvalue weighted by atomic mass is 16.6. The van der Waals surface area contributed by atoms with E-state index in [1.165, 1.54) is 27.4 Å². The summed E-state index contributed by atoms with van der Waals surface area (Å²) in [7, 11) is 6.41. The summed E-state index contributed by atoms with van der Waals surface area (Å²) in [5, 5.41) is 12.6. The highest BCUT2D eigenvalue weighted by molar-refractivity contribution is 5.99. The zero-order chi connectivity index (χ0) is 80.7. The Hall–Kier alpha value is -10.5. The first-order chi connectivity index (χ1) is 55.7. The predicted molar refractivity (Wildman–Crippen MR) is 443 cm³/mol. The number of imidazole rings is 3. The molecule has 0 radical (unpaired) electrons. The van der Waals surface area contributed by atoms with E-state index in [0.717, 1.165) is 238 Å². The van der Waals surface area contributed by atoms with E-state index < -0.39 is 6.09 Å². The zero-order valence-electron chi connectivity index (χ0n) is 67.8. The lowest BCUT2D eigenvalue weighted by Gasteiger charge is -2.34. The summed E-state index contributed by atoms with van der Waals surface area (Å²) in [5.41, 5.74) is 13.4. The number of carbonyl (C=O) groups excluding carboxylic acids is 6. The first-order valence-corrected chi connectivity index (χ1v) is 41.4. The molecule has 5 aliphatic heterocycles. The Morgan fingerprint density at radius 1 is 0.522 bits per heavy atom. The maximum Gasteiger partial charge on any atom is 0.414 e. The SMILES string of the molecule is COC(=O)N1c2ccc3c(nc(CCn4ccccc4=O)n3CC(=O)NC3CCC(CO)CC3)c2CC[C@@H]1C.COC(=O)N1c2ccc3c(nc(CCn4ccccc4=O)n3CCN3CCN(C)CC3)c2CC[C@@H]1C.COC(=O)N1c2ccc3c(nc(Cc4ccc(N5CCCC5=O)cc4)n3[C@@H]3CCC[C@@H](C(C)=O)C3)c2CC[C@@H]1C. The number of nitrogens with zero attached hydrogens (tertiary/aromatic N) is 14. The number of piperazine rings is 1. The number of likely N-dealkylation sites (N-methyl/N-ethyl adjacent to an activating group) is 1. The van der Waals surface area contributed by atoms with Crippen LogP contribution in [-0.4, -0.2) is 187 Å². The van der Waals surface area contributed by atoms with Crippen molar-refractivity contribution in [3.05, 3.63) is 170 Å². The van der Waals surface area contributed by atoms with Gasteiger partial charge >= 0.3 is 18.3 Å². The Labute approximate surface area is 671 Å². The molecule has 10 heterocycles. The topological polar surface area (TPSA) is 279 Å². The van der Waals surface area contributed by atoms with E-state index in [2.05, 4.69) is 69.4 Å². The van der Waals surface area contributed by atoms with Gasteiger partial charge in [-0.3, -0.25) is 43.6 Å². The fourth-order valence-corrected chi connectivity index (χ4v) is 18.5. The molecule has 0 spiro atoms. The third-order valence-corrected chi connectivity index (χ3v) is 25.1. The molecule has 2 saturated carbocycles. The lowest BCUT2D eigenvalue weighted by atomic mass is 9.83. The van der Waals surface area contributed by atoms with Crippen molar-refractivity contribution in [3.63, 3.8) is 0 Å². The van der Waals surface area contributed by atoms with Gasteiger partial charge in [-0.2, -0.15) is 0 Å².